The van der Waals surface area contributed by atoms with E-state index in [1.165, 1.54) is 17.0 Å². The molecular formula is C18H24N4O5S. The van der Waals surface area contributed by atoms with Crippen LogP contribution in [0.4, 0.5) is 5.69 Å². The number of anilines is 1. The van der Waals surface area contributed by atoms with Crippen molar-refractivity contribution in [3.8, 4) is 5.75 Å². The van der Waals surface area contributed by atoms with Crippen molar-refractivity contribution in [1.29, 1.82) is 0 Å². The molecule has 1 aromatic carbocycles. The Hall–Kier alpha value is -2.72. The molecule has 0 bridgehead atoms. The van der Waals surface area contributed by atoms with Crippen molar-refractivity contribution in [2.75, 3.05) is 25.6 Å². The van der Waals surface area contributed by atoms with Crippen molar-refractivity contribution in [3.63, 3.8) is 0 Å². The molecule has 0 aromatic heterocycles. The number of carbonyl (C=O) groups excluding carboxylic acids is 3. The van der Waals surface area contributed by atoms with Crippen LogP contribution in [0.15, 0.2) is 24.3 Å². The fourth-order valence-corrected chi connectivity index (χ4v) is 2.91. The minimum atomic E-state index is -0.932. The smallest absolute Gasteiger partial charge is 0.253 e. The maximum Gasteiger partial charge on any atom is 0.253 e. The third kappa shape index (κ3) is 5.40. The van der Waals surface area contributed by atoms with Crippen LogP contribution in [-0.2, 0) is 14.4 Å². The Morgan fingerprint density at radius 3 is 2.54 bits per heavy atom. The molecule has 28 heavy (non-hydrogen) atoms. The molecule has 1 aromatic rings. The van der Waals surface area contributed by atoms with Gasteiger partial charge < -0.3 is 15.2 Å². The molecule has 1 heterocycles. The van der Waals surface area contributed by atoms with Gasteiger partial charge in [0.2, 0.25) is 11.8 Å². The van der Waals surface area contributed by atoms with E-state index in [0.29, 0.717) is 24.5 Å². The quantitative estimate of drug-likeness (QED) is 0.514. The number of aliphatic hydroxyl groups excluding tert-OH is 1. The van der Waals surface area contributed by atoms with Crippen molar-refractivity contribution < 1.29 is 24.2 Å². The molecule has 1 fully saturated rings. The van der Waals surface area contributed by atoms with E-state index in [1.54, 1.807) is 24.3 Å². The van der Waals surface area contributed by atoms with Gasteiger partial charge in [0.15, 0.2) is 5.11 Å². The van der Waals surface area contributed by atoms with E-state index in [4.69, 9.17) is 22.1 Å². The number of rotatable bonds is 9. The lowest BCUT2D eigenvalue weighted by molar-refractivity contribution is -0.132. The molecule has 1 aliphatic rings. The number of ether oxygens (including phenoxy) is 1. The zero-order chi connectivity index (χ0) is 20.7. The van der Waals surface area contributed by atoms with E-state index in [0.717, 1.165) is 0 Å². The number of benzene rings is 1. The van der Waals surface area contributed by atoms with E-state index in [-0.39, 0.29) is 30.5 Å². The monoisotopic (exact) mass is 408 g/mol. The van der Waals surface area contributed by atoms with Gasteiger partial charge in [-0.15, -0.1) is 0 Å². The predicted molar refractivity (Wildman–Crippen MR) is 106 cm³/mol. The Balaban J connectivity index is 2.01. The zero-order valence-electron chi connectivity index (χ0n) is 15.8. The van der Waals surface area contributed by atoms with Gasteiger partial charge in [0.1, 0.15) is 11.8 Å². The largest absolute Gasteiger partial charge is 0.494 e. The van der Waals surface area contributed by atoms with E-state index >= 15 is 0 Å². The van der Waals surface area contributed by atoms with Crippen LogP contribution < -0.4 is 15.5 Å². The number of carbonyl (C=O) groups is 3. The average Bonchev–Trinajstić information content (AvgIpc) is 2.86. The number of nitrogens with one attached hydrogen (secondary N) is 2. The van der Waals surface area contributed by atoms with E-state index in [1.807, 2.05) is 6.92 Å². The van der Waals surface area contributed by atoms with Gasteiger partial charge in [0.05, 0.1) is 13.0 Å². The second-order valence-corrected chi connectivity index (χ2v) is 6.50. The number of thiocarbonyl (C=S) groups is 1. The van der Waals surface area contributed by atoms with Crippen LogP contribution in [0.3, 0.4) is 0 Å². The lowest BCUT2D eigenvalue weighted by Gasteiger charge is -2.24. The topological polar surface area (TPSA) is 111 Å². The molecule has 10 heteroatoms. The molecule has 9 nitrogen and oxygen atoms in total. The lowest BCUT2D eigenvalue weighted by atomic mass is 10.2. The number of hydrogen-bond acceptors (Lipinski definition) is 6. The highest BCUT2D eigenvalue weighted by Crippen LogP contribution is 2.20. The standard InChI is InChI=1S/C18H24N4O5S/c1-3-27-13-8-6-12(7-9-13)19-16(25)11-14-17(26)21(2)18(28)22(14)20-15(24)5-4-10-23/h6-9,14,23H,3-5,10-11H2,1-2H3,(H,19,25)(H,20,24). The molecule has 0 aliphatic carbocycles. The zero-order valence-corrected chi connectivity index (χ0v) is 16.6. The summed E-state index contributed by atoms with van der Waals surface area (Å²) in [5.74, 6) is -0.476. The highest BCUT2D eigenvalue weighted by atomic mass is 32.1. The van der Waals surface area contributed by atoms with Crippen LogP contribution in [0.2, 0.25) is 0 Å². The fourth-order valence-electron chi connectivity index (χ4n) is 2.65. The molecule has 1 atom stereocenters. The SMILES string of the molecule is CCOc1ccc(NC(=O)CC2C(=O)N(C)C(=S)N2NC(=O)CCCO)cc1. The number of amides is 3. The van der Waals surface area contributed by atoms with Gasteiger partial charge in [-0.3, -0.25) is 24.7 Å². The van der Waals surface area contributed by atoms with Crippen molar-refractivity contribution in [3.05, 3.63) is 24.3 Å². The molecule has 3 amide bonds. The summed E-state index contributed by atoms with van der Waals surface area (Å²) in [5.41, 5.74) is 3.11. The van der Waals surface area contributed by atoms with Gasteiger partial charge >= 0.3 is 0 Å². The summed E-state index contributed by atoms with van der Waals surface area (Å²) in [7, 11) is 1.49. The van der Waals surface area contributed by atoms with E-state index in [2.05, 4.69) is 10.7 Å². The predicted octanol–water partition coefficient (Wildman–Crippen LogP) is 0.645. The third-order valence-electron chi connectivity index (χ3n) is 4.06. The van der Waals surface area contributed by atoms with Gasteiger partial charge in [-0.25, -0.2) is 5.01 Å². The van der Waals surface area contributed by atoms with Gasteiger partial charge in [0.25, 0.3) is 5.91 Å². The highest BCUT2D eigenvalue weighted by Gasteiger charge is 2.42. The van der Waals surface area contributed by atoms with Crippen molar-refractivity contribution in [2.45, 2.75) is 32.2 Å². The summed E-state index contributed by atoms with van der Waals surface area (Å²) < 4.78 is 5.35. The van der Waals surface area contributed by atoms with Crippen molar-refractivity contribution >= 4 is 40.7 Å². The van der Waals surface area contributed by atoms with Crippen molar-refractivity contribution in [2.24, 2.45) is 0 Å². The number of nitrogens with zero attached hydrogens (tertiary/aromatic N) is 2. The first-order valence-electron chi connectivity index (χ1n) is 8.91. The summed E-state index contributed by atoms with van der Waals surface area (Å²) in [6, 6.07) is 5.93. The van der Waals surface area contributed by atoms with E-state index < -0.39 is 17.9 Å². The molecule has 2 rings (SSSR count). The lowest BCUT2D eigenvalue weighted by Crippen LogP contribution is -2.49. The minimum Gasteiger partial charge on any atom is -0.494 e. The van der Waals surface area contributed by atoms with Crippen LogP contribution in [-0.4, -0.2) is 64.2 Å². The van der Waals surface area contributed by atoms with E-state index in [9.17, 15) is 14.4 Å². The van der Waals surface area contributed by atoms with Crippen LogP contribution >= 0.6 is 12.2 Å². The maximum absolute atomic E-state index is 12.4. The molecule has 0 spiro atoms. The van der Waals surface area contributed by atoms with Gasteiger partial charge in [-0.2, -0.15) is 0 Å². The summed E-state index contributed by atoms with van der Waals surface area (Å²) in [5, 5.41) is 12.9. The Bertz CT molecular complexity index is 740. The molecule has 1 unspecified atom stereocenters. The summed E-state index contributed by atoms with van der Waals surface area (Å²) in [6.07, 6.45) is 0.189. The Labute approximate surface area is 168 Å². The molecular weight excluding hydrogens is 384 g/mol. The van der Waals surface area contributed by atoms with Crippen LogP contribution in [0.25, 0.3) is 0 Å². The first-order chi connectivity index (χ1) is 13.4. The highest BCUT2D eigenvalue weighted by molar-refractivity contribution is 7.80. The second kappa shape index (κ2) is 10.00. The Morgan fingerprint density at radius 1 is 1.25 bits per heavy atom. The summed E-state index contributed by atoms with van der Waals surface area (Å²) >= 11 is 5.19. The van der Waals surface area contributed by atoms with Gasteiger partial charge in [-0.1, -0.05) is 0 Å². The molecule has 1 aliphatic heterocycles. The van der Waals surface area contributed by atoms with Crippen molar-refractivity contribution in [1.82, 2.24) is 15.3 Å². The third-order valence-corrected chi connectivity index (χ3v) is 4.53. The van der Waals surface area contributed by atoms with Crippen LogP contribution in [0.5, 0.6) is 5.75 Å². The molecule has 3 N–H and O–H groups in total. The Morgan fingerprint density at radius 2 is 1.93 bits per heavy atom. The number of likely N-dealkylation sites (N-methyl/N-ethyl adjacent to an activating group) is 1. The summed E-state index contributed by atoms with van der Waals surface area (Å²) in [6.45, 7) is 2.30. The minimum absolute atomic E-state index is 0.0820. The molecule has 152 valence electrons. The Kier molecular flexibility index (Phi) is 7.70. The number of aliphatic hydroxyl groups is 1. The normalized spacial score (nSPS) is 16.3. The molecule has 1 saturated heterocycles. The number of hydrogen-bond donors (Lipinski definition) is 3. The van der Waals surface area contributed by atoms with Gasteiger partial charge in [-0.05, 0) is 49.8 Å². The van der Waals surface area contributed by atoms with Crippen LogP contribution in [0.1, 0.15) is 26.2 Å². The fraction of sp³-hybridized carbons (Fsp3) is 0.444. The second-order valence-electron chi connectivity index (χ2n) is 6.14. The maximum atomic E-state index is 12.4. The molecule has 0 saturated carbocycles. The first kappa shape index (κ1) is 21.6. The first-order valence-corrected chi connectivity index (χ1v) is 9.32. The molecule has 0 radical (unpaired) electrons. The van der Waals surface area contributed by atoms with Gasteiger partial charge in [0, 0.05) is 25.8 Å². The van der Waals surface area contributed by atoms with Crippen LogP contribution in [0, 0.1) is 0 Å². The average molecular weight is 408 g/mol. The summed E-state index contributed by atoms with van der Waals surface area (Å²) in [4.78, 5) is 38.0. The number of hydrazine groups is 1.